The third-order valence-corrected chi connectivity index (χ3v) is 3.78. The van der Waals surface area contributed by atoms with Gasteiger partial charge in [-0.3, -0.25) is 0 Å². The SMILES string of the molecule is COC1(CO)OCC(O)C(O)C1(O)I. The van der Waals surface area contributed by atoms with Crippen LogP contribution in [0.15, 0.2) is 0 Å². The maximum atomic E-state index is 9.89. The lowest BCUT2D eigenvalue weighted by Crippen LogP contribution is -2.69. The fraction of sp³-hybridized carbons (Fsp3) is 1.00. The molecule has 0 bridgehead atoms. The Labute approximate surface area is 94.6 Å². The molecule has 0 radical (unpaired) electrons. The first-order valence-corrected chi connectivity index (χ1v) is 5.06. The first-order chi connectivity index (χ1) is 6.41. The van der Waals surface area contributed by atoms with Crippen LogP contribution in [0, 0.1) is 0 Å². The molecule has 0 amide bonds. The van der Waals surface area contributed by atoms with E-state index in [1.54, 1.807) is 0 Å². The molecule has 1 aliphatic heterocycles. The van der Waals surface area contributed by atoms with E-state index >= 15 is 0 Å². The number of ether oxygens (including phenoxy) is 2. The summed E-state index contributed by atoms with van der Waals surface area (Å²) in [6.07, 6.45) is -2.64. The van der Waals surface area contributed by atoms with Crippen molar-refractivity contribution >= 4 is 22.6 Å². The van der Waals surface area contributed by atoms with Gasteiger partial charge in [0.05, 0.1) is 6.61 Å². The van der Waals surface area contributed by atoms with E-state index in [-0.39, 0.29) is 6.61 Å². The van der Waals surface area contributed by atoms with E-state index in [0.717, 1.165) is 0 Å². The molecule has 7 heteroatoms. The zero-order valence-corrected chi connectivity index (χ0v) is 9.71. The second-order valence-electron chi connectivity index (χ2n) is 3.11. The summed E-state index contributed by atoms with van der Waals surface area (Å²) in [6, 6.07) is 0. The van der Waals surface area contributed by atoms with Crippen molar-refractivity contribution in [3.05, 3.63) is 0 Å². The molecular weight excluding hydrogens is 307 g/mol. The smallest absolute Gasteiger partial charge is 0.233 e. The van der Waals surface area contributed by atoms with Gasteiger partial charge >= 0.3 is 0 Å². The van der Waals surface area contributed by atoms with Crippen molar-refractivity contribution in [3.8, 4) is 0 Å². The first kappa shape index (κ1) is 12.6. The Morgan fingerprint density at radius 1 is 1.57 bits per heavy atom. The molecule has 1 aliphatic rings. The third-order valence-electron chi connectivity index (χ3n) is 2.32. The summed E-state index contributed by atoms with van der Waals surface area (Å²) in [5.41, 5.74) is 0. The van der Waals surface area contributed by atoms with Crippen LogP contribution in [-0.4, -0.2) is 62.4 Å². The van der Waals surface area contributed by atoms with Gasteiger partial charge in [0.15, 0.2) is 0 Å². The monoisotopic (exact) mass is 320 g/mol. The van der Waals surface area contributed by atoms with E-state index in [2.05, 4.69) is 0 Å². The summed E-state index contributed by atoms with van der Waals surface area (Å²) in [6.45, 7) is -0.826. The van der Waals surface area contributed by atoms with Crippen LogP contribution in [0.1, 0.15) is 0 Å². The van der Waals surface area contributed by atoms with Gasteiger partial charge in [-0.15, -0.1) is 0 Å². The molecule has 0 spiro atoms. The van der Waals surface area contributed by atoms with Crippen molar-refractivity contribution in [2.75, 3.05) is 20.3 Å². The average molecular weight is 320 g/mol. The second-order valence-corrected chi connectivity index (χ2v) is 4.76. The molecule has 1 heterocycles. The summed E-state index contributed by atoms with van der Waals surface area (Å²) in [4.78, 5) is 0. The Morgan fingerprint density at radius 2 is 2.14 bits per heavy atom. The Balaban J connectivity index is 2.98. The molecule has 4 atom stereocenters. The number of aliphatic hydroxyl groups is 4. The highest BCUT2D eigenvalue weighted by Gasteiger charge is 2.60. The summed E-state index contributed by atoms with van der Waals surface area (Å²) >= 11 is 1.48. The van der Waals surface area contributed by atoms with Gasteiger partial charge in [0.25, 0.3) is 0 Å². The molecule has 84 valence electrons. The Bertz CT molecular complexity index is 204. The Morgan fingerprint density at radius 3 is 2.57 bits per heavy atom. The first-order valence-electron chi connectivity index (χ1n) is 3.98. The number of methoxy groups -OCH3 is 1. The molecule has 4 N–H and O–H groups in total. The number of halogens is 1. The fourth-order valence-electron chi connectivity index (χ4n) is 1.32. The van der Waals surface area contributed by atoms with Crippen molar-refractivity contribution < 1.29 is 29.9 Å². The van der Waals surface area contributed by atoms with E-state index in [0.29, 0.717) is 0 Å². The second kappa shape index (κ2) is 4.16. The lowest BCUT2D eigenvalue weighted by atomic mass is 9.97. The highest BCUT2D eigenvalue weighted by Crippen LogP contribution is 2.40. The molecule has 14 heavy (non-hydrogen) atoms. The van der Waals surface area contributed by atoms with Crippen molar-refractivity contribution in [3.63, 3.8) is 0 Å². The predicted molar refractivity (Wildman–Crippen MR) is 53.8 cm³/mol. The number of alkyl halides is 1. The fourth-order valence-corrected chi connectivity index (χ4v) is 2.28. The topological polar surface area (TPSA) is 99.4 Å². The summed E-state index contributed by atoms with van der Waals surface area (Å²) in [7, 11) is 1.24. The van der Waals surface area contributed by atoms with Crippen LogP contribution in [0.2, 0.25) is 0 Å². The van der Waals surface area contributed by atoms with Crippen LogP contribution >= 0.6 is 22.6 Å². The largest absolute Gasteiger partial charge is 0.391 e. The minimum atomic E-state index is -1.90. The van der Waals surface area contributed by atoms with Crippen molar-refractivity contribution in [1.29, 1.82) is 0 Å². The van der Waals surface area contributed by atoms with Crippen molar-refractivity contribution in [2.24, 2.45) is 0 Å². The number of rotatable bonds is 2. The van der Waals surface area contributed by atoms with Crippen LogP contribution in [0.5, 0.6) is 0 Å². The predicted octanol–water partition coefficient (Wildman–Crippen LogP) is -1.80. The summed E-state index contributed by atoms with van der Waals surface area (Å²) < 4.78 is 7.99. The highest BCUT2D eigenvalue weighted by molar-refractivity contribution is 14.1. The zero-order valence-electron chi connectivity index (χ0n) is 7.55. The van der Waals surface area contributed by atoms with E-state index < -0.39 is 28.2 Å². The number of hydrogen-bond donors (Lipinski definition) is 4. The normalized spacial score (nSPS) is 49.3. The van der Waals surface area contributed by atoms with Gasteiger partial charge < -0.3 is 29.9 Å². The molecule has 1 rings (SSSR count). The minimum Gasteiger partial charge on any atom is -0.391 e. The molecule has 1 fully saturated rings. The molecule has 6 nitrogen and oxygen atoms in total. The molecule has 0 aliphatic carbocycles. The molecule has 4 unspecified atom stereocenters. The van der Waals surface area contributed by atoms with E-state index in [4.69, 9.17) is 14.6 Å². The minimum absolute atomic E-state index is 0.207. The lowest BCUT2D eigenvalue weighted by Gasteiger charge is -2.48. The van der Waals surface area contributed by atoms with Crippen LogP contribution in [0.25, 0.3) is 0 Å². The van der Waals surface area contributed by atoms with Gasteiger partial charge in [-0.25, -0.2) is 0 Å². The lowest BCUT2D eigenvalue weighted by molar-refractivity contribution is -0.347. The molecule has 0 saturated carbocycles. The van der Waals surface area contributed by atoms with Gasteiger partial charge in [0, 0.05) is 7.11 Å². The average Bonchev–Trinajstić information content (AvgIpc) is 2.16. The summed E-state index contributed by atoms with van der Waals surface area (Å²) in [5, 5.41) is 37.7. The van der Waals surface area contributed by atoms with Crippen molar-refractivity contribution in [1.82, 2.24) is 0 Å². The third kappa shape index (κ3) is 1.66. The van der Waals surface area contributed by atoms with E-state index in [9.17, 15) is 15.3 Å². The van der Waals surface area contributed by atoms with Gasteiger partial charge in [0.2, 0.25) is 9.39 Å². The van der Waals surface area contributed by atoms with Crippen LogP contribution in [-0.2, 0) is 9.47 Å². The van der Waals surface area contributed by atoms with Crippen LogP contribution < -0.4 is 0 Å². The Hall–Kier alpha value is 0.490. The van der Waals surface area contributed by atoms with Gasteiger partial charge in [0.1, 0.15) is 18.8 Å². The summed E-state index contributed by atoms with van der Waals surface area (Å²) in [5.74, 6) is -1.70. The van der Waals surface area contributed by atoms with Crippen LogP contribution in [0.4, 0.5) is 0 Å². The Kier molecular flexibility index (Phi) is 3.73. The van der Waals surface area contributed by atoms with E-state index in [1.807, 2.05) is 0 Å². The zero-order chi connectivity index (χ0) is 11.0. The number of hydrogen-bond acceptors (Lipinski definition) is 6. The molecule has 1 saturated heterocycles. The molecule has 0 aromatic heterocycles. The highest BCUT2D eigenvalue weighted by atomic mass is 127. The quantitative estimate of drug-likeness (QED) is 0.354. The molecule has 0 aromatic rings. The molecular formula is C7H13IO6. The molecule has 0 aromatic carbocycles. The van der Waals surface area contributed by atoms with Crippen molar-refractivity contribution in [2.45, 2.75) is 21.6 Å². The maximum Gasteiger partial charge on any atom is 0.233 e. The van der Waals surface area contributed by atoms with Gasteiger partial charge in [-0.05, 0) is 22.6 Å². The maximum absolute atomic E-state index is 9.89. The van der Waals surface area contributed by atoms with Gasteiger partial charge in [-0.1, -0.05) is 0 Å². The van der Waals surface area contributed by atoms with Gasteiger partial charge in [-0.2, -0.15) is 0 Å². The van der Waals surface area contributed by atoms with Crippen LogP contribution in [0.3, 0.4) is 0 Å². The van der Waals surface area contributed by atoms with E-state index in [1.165, 1.54) is 29.7 Å². The number of aliphatic hydroxyl groups excluding tert-OH is 3. The standard InChI is InChI=1S/C7H13IO6/c1-13-6(3-9)7(8,12)5(11)4(10)2-14-6/h4-5,9-12H,2-3H2,1H3.